The summed E-state index contributed by atoms with van der Waals surface area (Å²) in [4.78, 5) is 11.3. The van der Waals surface area contributed by atoms with Crippen LogP contribution in [0.2, 0.25) is 0 Å². The maximum absolute atomic E-state index is 12.8. The molecule has 0 spiro atoms. The van der Waals surface area contributed by atoms with Gasteiger partial charge in [0.2, 0.25) is 9.84 Å². The van der Waals surface area contributed by atoms with Crippen LogP contribution in [-0.4, -0.2) is 39.6 Å². The normalized spacial score (nSPS) is 13.3. The summed E-state index contributed by atoms with van der Waals surface area (Å²) >= 11 is 5.74. The Balaban J connectivity index is 2.03. The first-order valence-electron chi connectivity index (χ1n) is 9.70. The predicted octanol–water partition coefficient (Wildman–Crippen LogP) is 4.49. The van der Waals surface area contributed by atoms with Gasteiger partial charge in [0, 0.05) is 6.92 Å². The van der Waals surface area contributed by atoms with E-state index in [0.717, 1.165) is 6.42 Å². The van der Waals surface area contributed by atoms with E-state index in [2.05, 4.69) is 13.8 Å². The summed E-state index contributed by atoms with van der Waals surface area (Å²) in [7, 11) is -3.66. The van der Waals surface area contributed by atoms with Gasteiger partial charge in [0.05, 0.1) is 22.3 Å². The lowest BCUT2D eigenvalue weighted by Crippen LogP contribution is -2.25. The van der Waals surface area contributed by atoms with E-state index in [9.17, 15) is 13.2 Å². The van der Waals surface area contributed by atoms with Crippen LogP contribution in [0, 0.1) is 5.92 Å². The Bertz CT molecular complexity index is 910. The van der Waals surface area contributed by atoms with Crippen molar-refractivity contribution in [3.63, 3.8) is 0 Å². The van der Waals surface area contributed by atoms with Crippen molar-refractivity contribution >= 4 is 27.4 Å². The van der Waals surface area contributed by atoms with Gasteiger partial charge in [-0.15, -0.1) is 11.6 Å². The molecule has 0 heterocycles. The third-order valence-corrected chi connectivity index (χ3v) is 6.57. The zero-order valence-corrected chi connectivity index (χ0v) is 18.9. The van der Waals surface area contributed by atoms with Gasteiger partial charge in [0.15, 0.2) is 0 Å². The van der Waals surface area contributed by atoms with Crippen LogP contribution in [0.1, 0.15) is 27.2 Å². The highest BCUT2D eigenvalue weighted by Gasteiger charge is 2.18. The van der Waals surface area contributed by atoms with Crippen LogP contribution in [0.5, 0.6) is 11.5 Å². The van der Waals surface area contributed by atoms with Crippen LogP contribution in [0.15, 0.2) is 58.3 Å². The fraction of sp³-hybridized carbons (Fsp3) is 0.409. The number of halogens is 1. The number of ether oxygens (including phenoxy) is 3. The first kappa shape index (κ1) is 24.0. The Kier molecular flexibility index (Phi) is 8.99. The quantitative estimate of drug-likeness (QED) is 0.367. The second-order valence-electron chi connectivity index (χ2n) is 6.97. The van der Waals surface area contributed by atoms with Gasteiger partial charge in [0.25, 0.3) is 0 Å². The molecular formula is C22H27ClO6S. The molecule has 0 bridgehead atoms. The van der Waals surface area contributed by atoms with Crippen molar-refractivity contribution < 1.29 is 27.4 Å². The fourth-order valence-electron chi connectivity index (χ4n) is 2.46. The lowest BCUT2D eigenvalue weighted by atomic mass is 10.1. The van der Waals surface area contributed by atoms with Crippen LogP contribution >= 0.6 is 11.6 Å². The number of carbonyl (C=O) groups is 1. The van der Waals surface area contributed by atoms with E-state index >= 15 is 0 Å². The topological polar surface area (TPSA) is 78.9 Å². The molecule has 0 saturated heterocycles. The fourth-order valence-corrected chi connectivity index (χ4v) is 3.87. The molecular weight excluding hydrogens is 428 g/mol. The molecule has 2 rings (SSSR count). The van der Waals surface area contributed by atoms with Gasteiger partial charge in [-0.05, 0) is 54.4 Å². The van der Waals surface area contributed by atoms with Crippen molar-refractivity contribution in [2.24, 2.45) is 5.92 Å². The van der Waals surface area contributed by atoms with Gasteiger partial charge in [-0.3, -0.25) is 4.79 Å². The Morgan fingerprint density at radius 2 is 1.40 bits per heavy atom. The van der Waals surface area contributed by atoms with Crippen LogP contribution in [-0.2, 0) is 19.4 Å². The lowest BCUT2D eigenvalue weighted by molar-refractivity contribution is -0.146. The molecule has 0 saturated carbocycles. The molecule has 164 valence electrons. The monoisotopic (exact) mass is 454 g/mol. The molecule has 2 unspecified atom stereocenters. The van der Waals surface area contributed by atoms with Crippen molar-refractivity contribution in [3.05, 3.63) is 48.5 Å². The van der Waals surface area contributed by atoms with Gasteiger partial charge in [-0.25, -0.2) is 8.42 Å². The number of carbonyl (C=O) groups excluding carboxylic acids is 1. The molecule has 30 heavy (non-hydrogen) atoms. The van der Waals surface area contributed by atoms with E-state index in [-0.39, 0.29) is 22.3 Å². The molecule has 0 N–H and O–H groups in total. The zero-order chi connectivity index (χ0) is 22.1. The molecule has 6 nitrogen and oxygen atoms in total. The van der Waals surface area contributed by atoms with Crippen molar-refractivity contribution in [2.45, 2.75) is 43.1 Å². The summed E-state index contributed by atoms with van der Waals surface area (Å²) in [6.07, 6.45) is 0.441. The molecule has 8 heteroatoms. The minimum atomic E-state index is -3.66. The lowest BCUT2D eigenvalue weighted by Gasteiger charge is -2.15. The van der Waals surface area contributed by atoms with Crippen LogP contribution in [0.25, 0.3) is 0 Å². The Hall–Kier alpha value is -2.25. The summed E-state index contributed by atoms with van der Waals surface area (Å²) < 4.78 is 41.9. The highest BCUT2D eigenvalue weighted by Crippen LogP contribution is 2.25. The molecule has 0 aromatic heterocycles. The van der Waals surface area contributed by atoms with Gasteiger partial charge in [0.1, 0.15) is 24.2 Å². The first-order chi connectivity index (χ1) is 14.3. The molecule has 2 atom stereocenters. The standard InChI is InChI=1S/C22H27ClO6S/c1-4-16(2)14-27-18-5-9-21(10-6-18)30(25,26)22-11-7-19(8-12-22)28-15-20(13-23)29-17(3)24/h5-12,16,20H,4,13-15H2,1-3H3. The van der Waals surface area contributed by atoms with E-state index < -0.39 is 21.9 Å². The van der Waals surface area contributed by atoms with Crippen molar-refractivity contribution in [1.82, 2.24) is 0 Å². The van der Waals surface area contributed by atoms with E-state index in [4.69, 9.17) is 25.8 Å². The van der Waals surface area contributed by atoms with Crippen molar-refractivity contribution in [2.75, 3.05) is 19.1 Å². The van der Waals surface area contributed by atoms with Crippen LogP contribution in [0.4, 0.5) is 0 Å². The number of hydrogen-bond donors (Lipinski definition) is 0. The summed E-state index contributed by atoms with van der Waals surface area (Å²) in [6.45, 7) is 6.15. The first-order valence-corrected chi connectivity index (χ1v) is 11.7. The molecule has 0 radical (unpaired) electrons. The number of rotatable bonds is 11. The SMILES string of the molecule is CCC(C)COc1ccc(S(=O)(=O)c2ccc(OCC(CCl)OC(C)=O)cc2)cc1. The minimum absolute atomic E-state index is 0.0767. The van der Waals surface area contributed by atoms with Gasteiger partial charge < -0.3 is 14.2 Å². The second kappa shape index (κ2) is 11.2. The summed E-state index contributed by atoms with van der Waals surface area (Å²) in [5.74, 6) is 1.18. The summed E-state index contributed by atoms with van der Waals surface area (Å²) in [5, 5.41) is 0. The molecule has 0 aliphatic heterocycles. The number of esters is 1. The average molecular weight is 455 g/mol. The van der Waals surface area contributed by atoms with E-state index in [0.29, 0.717) is 24.0 Å². The summed E-state index contributed by atoms with van der Waals surface area (Å²) in [6, 6.07) is 12.4. The van der Waals surface area contributed by atoms with Gasteiger partial charge in [-0.2, -0.15) is 0 Å². The zero-order valence-electron chi connectivity index (χ0n) is 17.3. The van der Waals surface area contributed by atoms with E-state index in [1.54, 1.807) is 24.3 Å². The van der Waals surface area contributed by atoms with Crippen LogP contribution < -0.4 is 9.47 Å². The molecule has 2 aromatic carbocycles. The van der Waals surface area contributed by atoms with E-state index in [1.807, 2.05) is 0 Å². The predicted molar refractivity (Wildman–Crippen MR) is 115 cm³/mol. The highest BCUT2D eigenvalue weighted by atomic mass is 35.5. The number of sulfone groups is 1. The highest BCUT2D eigenvalue weighted by molar-refractivity contribution is 7.91. The molecule has 2 aromatic rings. The maximum Gasteiger partial charge on any atom is 0.303 e. The van der Waals surface area contributed by atoms with Crippen LogP contribution in [0.3, 0.4) is 0 Å². The number of benzene rings is 2. The Morgan fingerprint density at radius 3 is 1.80 bits per heavy atom. The maximum atomic E-state index is 12.8. The summed E-state index contributed by atoms with van der Waals surface area (Å²) in [5.41, 5.74) is 0. The molecule has 0 aliphatic carbocycles. The Labute approximate surface area is 183 Å². The third-order valence-electron chi connectivity index (χ3n) is 4.44. The molecule has 0 amide bonds. The third kappa shape index (κ3) is 6.92. The van der Waals surface area contributed by atoms with Gasteiger partial charge in [-0.1, -0.05) is 20.3 Å². The number of hydrogen-bond acceptors (Lipinski definition) is 6. The van der Waals surface area contributed by atoms with Gasteiger partial charge >= 0.3 is 5.97 Å². The number of alkyl halides is 1. The Morgan fingerprint density at radius 1 is 0.933 bits per heavy atom. The minimum Gasteiger partial charge on any atom is -0.493 e. The molecule has 0 fully saturated rings. The average Bonchev–Trinajstić information content (AvgIpc) is 2.75. The van der Waals surface area contributed by atoms with E-state index in [1.165, 1.54) is 31.2 Å². The van der Waals surface area contributed by atoms with Crippen molar-refractivity contribution in [3.8, 4) is 11.5 Å². The molecule has 0 aliphatic rings. The second-order valence-corrected chi connectivity index (χ2v) is 9.23. The smallest absolute Gasteiger partial charge is 0.303 e. The largest absolute Gasteiger partial charge is 0.493 e. The van der Waals surface area contributed by atoms with Crippen molar-refractivity contribution in [1.29, 1.82) is 0 Å².